The summed E-state index contributed by atoms with van der Waals surface area (Å²) >= 11 is 0. The van der Waals surface area contributed by atoms with Crippen molar-refractivity contribution in [1.29, 1.82) is 0 Å². The van der Waals surface area contributed by atoms with Crippen LogP contribution in [-0.2, 0) is 37.5 Å². The second-order valence-corrected chi connectivity index (χ2v) is 7.46. The van der Waals surface area contributed by atoms with Crippen LogP contribution in [0.2, 0.25) is 0 Å². The molecule has 1 radical (unpaired) electrons. The average Bonchev–Trinajstić information content (AvgIpc) is 2.82. The van der Waals surface area contributed by atoms with Crippen molar-refractivity contribution in [3.8, 4) is 0 Å². The number of hydrogen-bond donors (Lipinski definition) is 1. The van der Waals surface area contributed by atoms with E-state index in [9.17, 15) is 4.79 Å². The number of likely N-dealkylation sites (tertiary alicyclic amines) is 1. The van der Waals surface area contributed by atoms with E-state index in [0.717, 1.165) is 53.8 Å². The van der Waals surface area contributed by atoms with Crippen LogP contribution in [0.25, 0.3) is 0 Å². The van der Waals surface area contributed by atoms with Gasteiger partial charge in [-0.3, -0.25) is 4.79 Å². The van der Waals surface area contributed by atoms with Gasteiger partial charge in [0.25, 0.3) is 5.91 Å². The molecule has 0 aromatic heterocycles. The van der Waals surface area contributed by atoms with Crippen molar-refractivity contribution in [3.05, 3.63) is 29.3 Å². The molecule has 2 rings (SSSR count). The SMILES string of the molecule is CCCC(C(=O)Nc1c(C)cccc1C)[N+]1(CC)CCCCCC1.[Y]. The Hall–Kier alpha value is -0.246. The fourth-order valence-corrected chi connectivity index (χ4v) is 4.31. The van der Waals surface area contributed by atoms with Crippen LogP contribution in [0.15, 0.2) is 18.2 Å². The third-order valence-electron chi connectivity index (χ3n) is 5.84. The number of hydrogen-bond acceptors (Lipinski definition) is 1. The van der Waals surface area contributed by atoms with E-state index in [2.05, 4.69) is 51.2 Å². The van der Waals surface area contributed by atoms with Gasteiger partial charge in [-0.15, -0.1) is 0 Å². The smallest absolute Gasteiger partial charge is 0.282 e. The largest absolute Gasteiger partial charge is 0.320 e. The monoisotopic (exact) mass is 420 g/mol. The molecule has 1 amide bonds. The summed E-state index contributed by atoms with van der Waals surface area (Å²) in [6.45, 7) is 12.0. The maximum Gasteiger partial charge on any atom is 0.282 e. The second kappa shape index (κ2) is 10.8. The molecule has 137 valence electrons. The van der Waals surface area contributed by atoms with E-state index in [4.69, 9.17) is 0 Å². The van der Waals surface area contributed by atoms with Crippen LogP contribution in [0.4, 0.5) is 5.69 Å². The fourth-order valence-electron chi connectivity index (χ4n) is 4.31. The Morgan fingerprint density at radius 2 is 1.64 bits per heavy atom. The first kappa shape index (κ1) is 22.8. The van der Waals surface area contributed by atoms with Gasteiger partial charge in [-0.25, -0.2) is 0 Å². The minimum absolute atomic E-state index is 0. The van der Waals surface area contributed by atoms with Crippen molar-refractivity contribution in [2.75, 3.05) is 25.0 Å². The molecule has 4 heteroatoms. The van der Waals surface area contributed by atoms with E-state index in [0.29, 0.717) is 0 Å². The molecule has 1 heterocycles. The van der Waals surface area contributed by atoms with Crippen molar-refractivity contribution >= 4 is 11.6 Å². The molecule has 1 saturated heterocycles. The van der Waals surface area contributed by atoms with Crippen LogP contribution in [0.5, 0.6) is 0 Å². The van der Waals surface area contributed by atoms with Gasteiger partial charge in [0.2, 0.25) is 0 Å². The Bertz CT molecular complexity index is 531. The molecule has 1 N–H and O–H groups in total. The first-order valence-corrected chi connectivity index (χ1v) is 9.77. The molecule has 1 unspecified atom stereocenters. The predicted octanol–water partition coefficient (Wildman–Crippen LogP) is 4.82. The summed E-state index contributed by atoms with van der Waals surface area (Å²) < 4.78 is 0.977. The number of anilines is 1. The number of rotatable bonds is 6. The third-order valence-corrected chi connectivity index (χ3v) is 5.84. The zero-order valence-electron chi connectivity index (χ0n) is 16.6. The summed E-state index contributed by atoms with van der Waals surface area (Å²) in [6, 6.07) is 6.29. The van der Waals surface area contributed by atoms with Gasteiger partial charge < -0.3 is 9.80 Å². The van der Waals surface area contributed by atoms with Crippen molar-refractivity contribution in [2.24, 2.45) is 0 Å². The summed E-state index contributed by atoms with van der Waals surface area (Å²) in [5, 5.41) is 3.29. The number of nitrogens with one attached hydrogen (secondary N) is 1. The Kier molecular flexibility index (Phi) is 9.84. The molecule has 1 fully saturated rings. The third kappa shape index (κ3) is 5.61. The molecule has 1 aromatic rings. The maximum atomic E-state index is 13.3. The molecule has 1 atom stereocenters. The summed E-state index contributed by atoms with van der Waals surface area (Å²) in [4.78, 5) is 13.3. The first-order valence-electron chi connectivity index (χ1n) is 9.77. The van der Waals surface area contributed by atoms with Gasteiger partial charge in [0.05, 0.1) is 19.6 Å². The average molecular weight is 420 g/mol. The Labute approximate surface area is 179 Å². The quantitative estimate of drug-likeness (QED) is 0.657. The number of quaternary nitrogens is 1. The van der Waals surface area contributed by atoms with Crippen LogP contribution >= 0.6 is 0 Å². The Morgan fingerprint density at radius 1 is 1.08 bits per heavy atom. The molecule has 1 aliphatic heterocycles. The minimum atomic E-state index is 0. The van der Waals surface area contributed by atoms with Crippen molar-refractivity contribution in [1.82, 2.24) is 0 Å². The zero-order chi connectivity index (χ0) is 17.6. The molecule has 3 nitrogen and oxygen atoms in total. The number of aryl methyl sites for hydroxylation is 2. The fraction of sp³-hybridized carbons (Fsp3) is 0.667. The van der Waals surface area contributed by atoms with E-state index in [1.54, 1.807) is 0 Å². The standard InChI is InChI=1S/C21H34N2O.Y/c1-5-12-19(23(6-2)15-9-7-8-10-16-23)21(24)22-20-17(3)13-11-14-18(20)4;/h11,13-14,19H,5-10,12,15-16H2,1-4H3;/p+1. The van der Waals surface area contributed by atoms with E-state index < -0.39 is 0 Å². The summed E-state index contributed by atoms with van der Waals surface area (Å²) in [5.41, 5.74) is 3.31. The first-order chi connectivity index (χ1) is 11.5. The van der Waals surface area contributed by atoms with Gasteiger partial charge in [0.1, 0.15) is 0 Å². The topological polar surface area (TPSA) is 29.1 Å². The van der Waals surface area contributed by atoms with Gasteiger partial charge in [-0.2, -0.15) is 0 Å². The molecule has 1 aliphatic rings. The van der Waals surface area contributed by atoms with Gasteiger partial charge in [0.15, 0.2) is 6.04 Å². The molecule has 0 bridgehead atoms. The van der Waals surface area contributed by atoms with E-state index in [-0.39, 0.29) is 44.7 Å². The second-order valence-electron chi connectivity index (χ2n) is 7.46. The molecule has 1 aromatic carbocycles. The maximum absolute atomic E-state index is 13.3. The van der Waals surface area contributed by atoms with E-state index in [1.165, 1.54) is 25.7 Å². The van der Waals surface area contributed by atoms with Crippen molar-refractivity contribution in [2.45, 2.75) is 72.3 Å². The van der Waals surface area contributed by atoms with Gasteiger partial charge in [-0.1, -0.05) is 25.1 Å². The van der Waals surface area contributed by atoms with Gasteiger partial charge >= 0.3 is 0 Å². The van der Waals surface area contributed by atoms with Crippen LogP contribution in [0.1, 0.15) is 63.5 Å². The van der Waals surface area contributed by atoms with Crippen molar-refractivity contribution in [3.63, 3.8) is 0 Å². The molecular weight excluding hydrogens is 385 g/mol. The number of carbonyl (C=O) groups excluding carboxylic acids is 1. The Morgan fingerprint density at radius 3 is 2.12 bits per heavy atom. The number of benzene rings is 1. The van der Waals surface area contributed by atoms with E-state index in [1.807, 2.05) is 0 Å². The minimum Gasteiger partial charge on any atom is -0.320 e. The number of carbonyl (C=O) groups is 1. The van der Waals surface area contributed by atoms with Crippen LogP contribution < -0.4 is 5.32 Å². The zero-order valence-corrected chi connectivity index (χ0v) is 19.4. The van der Waals surface area contributed by atoms with Crippen molar-refractivity contribution < 1.29 is 42.0 Å². The Balaban J connectivity index is 0.00000312. The molecule has 25 heavy (non-hydrogen) atoms. The van der Waals surface area contributed by atoms with Crippen LogP contribution in [-0.4, -0.2) is 36.1 Å². The number of para-hydroxylation sites is 1. The summed E-state index contributed by atoms with van der Waals surface area (Å²) in [6.07, 6.45) is 7.18. The van der Waals surface area contributed by atoms with Crippen LogP contribution in [0, 0.1) is 13.8 Å². The molecule has 0 spiro atoms. The molecule has 0 aliphatic carbocycles. The normalized spacial score (nSPS) is 17.9. The predicted molar refractivity (Wildman–Crippen MR) is 102 cm³/mol. The van der Waals surface area contributed by atoms with E-state index >= 15 is 0 Å². The summed E-state index contributed by atoms with van der Waals surface area (Å²) in [7, 11) is 0. The molecule has 0 saturated carbocycles. The summed E-state index contributed by atoms with van der Waals surface area (Å²) in [5.74, 6) is 0.220. The molecular formula is C21H35N2OY+. The van der Waals surface area contributed by atoms with Gasteiger partial charge in [0, 0.05) is 44.8 Å². The van der Waals surface area contributed by atoms with Crippen LogP contribution in [0.3, 0.4) is 0 Å². The number of likely N-dealkylation sites (N-methyl/N-ethyl adjacent to an activating group) is 1. The van der Waals surface area contributed by atoms with Gasteiger partial charge in [-0.05, 0) is 64.0 Å². The number of nitrogens with zero attached hydrogens (tertiary/aromatic N) is 1. The number of amides is 1.